The largest absolute Gasteiger partial charge is 0.497 e. The first-order valence-corrected chi connectivity index (χ1v) is 8.88. The molecule has 0 bridgehead atoms. The van der Waals surface area contributed by atoms with Crippen LogP contribution in [-0.4, -0.2) is 29.0 Å². The standard InChI is InChI=1S/C19H15F2N3O2S/c1-25-15-6-2-13(3-7-15)17-12-23-19(27-11-10-22)24(17)14-4-8-16(9-5-14)26-18(20)21/h2-9,12,18H,11H2,1H3. The van der Waals surface area contributed by atoms with Gasteiger partial charge in [0.05, 0.1) is 30.8 Å². The molecule has 5 nitrogen and oxygen atoms in total. The lowest BCUT2D eigenvalue weighted by Gasteiger charge is -2.13. The predicted octanol–water partition coefficient (Wildman–Crippen LogP) is 4.76. The number of methoxy groups -OCH3 is 1. The fraction of sp³-hybridized carbons (Fsp3) is 0.158. The summed E-state index contributed by atoms with van der Waals surface area (Å²) >= 11 is 1.29. The van der Waals surface area contributed by atoms with Gasteiger partial charge in [0.25, 0.3) is 0 Å². The zero-order valence-electron chi connectivity index (χ0n) is 14.3. The normalized spacial score (nSPS) is 10.6. The molecule has 3 aromatic rings. The van der Waals surface area contributed by atoms with Crippen LogP contribution in [0.5, 0.6) is 11.5 Å². The first-order chi connectivity index (χ1) is 13.1. The van der Waals surface area contributed by atoms with Crippen molar-refractivity contribution in [3.05, 3.63) is 54.7 Å². The maximum absolute atomic E-state index is 12.4. The lowest BCUT2D eigenvalue weighted by molar-refractivity contribution is -0.0498. The van der Waals surface area contributed by atoms with Crippen molar-refractivity contribution in [2.75, 3.05) is 12.9 Å². The van der Waals surface area contributed by atoms with Crippen molar-refractivity contribution in [3.8, 4) is 34.5 Å². The van der Waals surface area contributed by atoms with Crippen molar-refractivity contribution < 1.29 is 18.3 Å². The number of hydrogen-bond acceptors (Lipinski definition) is 5. The Morgan fingerprint density at radius 1 is 1.11 bits per heavy atom. The molecule has 0 unspecified atom stereocenters. The molecule has 0 radical (unpaired) electrons. The number of alkyl halides is 2. The molecule has 0 N–H and O–H groups in total. The first-order valence-electron chi connectivity index (χ1n) is 7.89. The van der Waals surface area contributed by atoms with E-state index in [1.54, 1.807) is 25.4 Å². The van der Waals surface area contributed by atoms with E-state index in [1.165, 1.54) is 23.9 Å². The number of nitrogens with zero attached hydrogens (tertiary/aromatic N) is 3. The van der Waals surface area contributed by atoms with Gasteiger partial charge in [-0.15, -0.1) is 0 Å². The van der Waals surface area contributed by atoms with Crippen LogP contribution in [0.2, 0.25) is 0 Å². The van der Waals surface area contributed by atoms with Gasteiger partial charge >= 0.3 is 6.61 Å². The highest BCUT2D eigenvalue weighted by Crippen LogP contribution is 2.31. The molecule has 8 heteroatoms. The second kappa shape index (κ2) is 8.56. The van der Waals surface area contributed by atoms with E-state index < -0.39 is 6.61 Å². The van der Waals surface area contributed by atoms with Gasteiger partial charge in [0.2, 0.25) is 0 Å². The SMILES string of the molecule is COc1ccc(-c2cnc(SCC#N)n2-c2ccc(OC(F)F)cc2)cc1. The number of imidazole rings is 1. The van der Waals surface area contributed by atoms with Crippen LogP contribution >= 0.6 is 11.8 Å². The van der Waals surface area contributed by atoms with Gasteiger partial charge in [-0.3, -0.25) is 4.57 Å². The Kier molecular flexibility index (Phi) is 5.94. The second-order valence-corrected chi connectivity index (χ2v) is 6.25. The fourth-order valence-electron chi connectivity index (χ4n) is 2.53. The van der Waals surface area contributed by atoms with E-state index in [0.717, 1.165) is 22.7 Å². The minimum absolute atomic E-state index is 0.0751. The van der Waals surface area contributed by atoms with E-state index in [1.807, 2.05) is 28.8 Å². The van der Waals surface area contributed by atoms with E-state index in [4.69, 9.17) is 10.00 Å². The van der Waals surface area contributed by atoms with E-state index in [-0.39, 0.29) is 11.5 Å². The summed E-state index contributed by atoms with van der Waals surface area (Å²) in [4.78, 5) is 4.41. The van der Waals surface area contributed by atoms with Crippen LogP contribution in [0.1, 0.15) is 0 Å². The first kappa shape index (κ1) is 18.7. The van der Waals surface area contributed by atoms with Crippen molar-refractivity contribution >= 4 is 11.8 Å². The molecule has 0 aliphatic carbocycles. The molecular formula is C19H15F2N3O2S. The average molecular weight is 387 g/mol. The van der Waals surface area contributed by atoms with Crippen LogP contribution in [-0.2, 0) is 0 Å². The predicted molar refractivity (Wildman–Crippen MR) is 98.5 cm³/mol. The number of benzene rings is 2. The molecule has 0 saturated carbocycles. The van der Waals surface area contributed by atoms with E-state index in [9.17, 15) is 8.78 Å². The summed E-state index contributed by atoms with van der Waals surface area (Å²) in [7, 11) is 1.60. The molecular weight excluding hydrogens is 372 g/mol. The Balaban J connectivity index is 2.02. The number of rotatable bonds is 7. The summed E-state index contributed by atoms with van der Waals surface area (Å²) in [5.74, 6) is 1.05. The molecule has 0 saturated heterocycles. The maximum atomic E-state index is 12.4. The third kappa shape index (κ3) is 4.38. The van der Waals surface area contributed by atoms with Gasteiger partial charge in [-0.2, -0.15) is 14.0 Å². The monoisotopic (exact) mass is 387 g/mol. The van der Waals surface area contributed by atoms with Gasteiger partial charge in [-0.25, -0.2) is 4.98 Å². The van der Waals surface area contributed by atoms with Gasteiger partial charge in [-0.05, 0) is 48.5 Å². The summed E-state index contributed by atoms with van der Waals surface area (Å²) < 4.78 is 36.2. The molecule has 1 aromatic heterocycles. The van der Waals surface area contributed by atoms with Crippen molar-refractivity contribution in [1.29, 1.82) is 5.26 Å². The number of thioether (sulfide) groups is 1. The van der Waals surface area contributed by atoms with Gasteiger partial charge in [0, 0.05) is 11.3 Å². The van der Waals surface area contributed by atoms with Crippen LogP contribution < -0.4 is 9.47 Å². The molecule has 0 atom stereocenters. The van der Waals surface area contributed by atoms with E-state index in [2.05, 4.69) is 15.8 Å². The number of nitriles is 1. The lowest BCUT2D eigenvalue weighted by Crippen LogP contribution is -2.03. The molecule has 0 fully saturated rings. The van der Waals surface area contributed by atoms with Crippen molar-refractivity contribution in [2.24, 2.45) is 0 Å². The molecule has 2 aromatic carbocycles. The highest BCUT2D eigenvalue weighted by atomic mass is 32.2. The molecule has 138 valence electrons. The summed E-state index contributed by atoms with van der Waals surface area (Å²) in [5, 5.41) is 9.51. The number of aromatic nitrogens is 2. The van der Waals surface area contributed by atoms with Crippen molar-refractivity contribution in [2.45, 2.75) is 11.8 Å². The molecule has 0 aliphatic heterocycles. The van der Waals surface area contributed by atoms with Gasteiger partial charge in [0.1, 0.15) is 11.5 Å². The summed E-state index contributed by atoms with van der Waals surface area (Å²) in [6.45, 7) is -2.87. The molecule has 0 spiro atoms. The van der Waals surface area contributed by atoms with Crippen LogP contribution in [0.25, 0.3) is 16.9 Å². The van der Waals surface area contributed by atoms with Gasteiger partial charge < -0.3 is 9.47 Å². The molecule has 0 amide bonds. The fourth-order valence-corrected chi connectivity index (χ4v) is 3.18. The summed E-state index contributed by atoms with van der Waals surface area (Å²) in [5.41, 5.74) is 2.43. The van der Waals surface area contributed by atoms with Gasteiger partial charge in [0.15, 0.2) is 5.16 Å². The summed E-state index contributed by atoms with van der Waals surface area (Å²) in [6.07, 6.45) is 1.71. The van der Waals surface area contributed by atoms with Crippen LogP contribution in [0, 0.1) is 11.3 Å². The highest BCUT2D eigenvalue weighted by molar-refractivity contribution is 7.99. The Hall–Kier alpha value is -3.05. The Morgan fingerprint density at radius 2 is 1.78 bits per heavy atom. The zero-order chi connectivity index (χ0) is 19.2. The minimum Gasteiger partial charge on any atom is -0.497 e. The van der Waals surface area contributed by atoms with Crippen molar-refractivity contribution in [3.63, 3.8) is 0 Å². The van der Waals surface area contributed by atoms with Crippen LogP contribution in [0.4, 0.5) is 8.78 Å². The quantitative estimate of drug-likeness (QED) is 0.547. The minimum atomic E-state index is -2.87. The lowest BCUT2D eigenvalue weighted by atomic mass is 10.1. The Morgan fingerprint density at radius 3 is 2.37 bits per heavy atom. The average Bonchev–Trinajstić information content (AvgIpc) is 3.10. The number of ether oxygens (including phenoxy) is 2. The Labute approximate surface area is 159 Å². The zero-order valence-corrected chi connectivity index (χ0v) is 15.1. The molecule has 3 rings (SSSR count). The highest BCUT2D eigenvalue weighted by Gasteiger charge is 2.15. The number of hydrogen-bond donors (Lipinski definition) is 0. The van der Waals surface area contributed by atoms with Gasteiger partial charge in [-0.1, -0.05) is 11.8 Å². The maximum Gasteiger partial charge on any atom is 0.387 e. The third-order valence-electron chi connectivity index (χ3n) is 3.70. The second-order valence-electron chi connectivity index (χ2n) is 5.31. The summed E-state index contributed by atoms with van der Waals surface area (Å²) in [6, 6.07) is 15.8. The van der Waals surface area contributed by atoms with E-state index >= 15 is 0 Å². The topological polar surface area (TPSA) is 60.1 Å². The van der Waals surface area contributed by atoms with Crippen LogP contribution in [0.15, 0.2) is 59.9 Å². The number of halogens is 2. The molecule has 1 heterocycles. The van der Waals surface area contributed by atoms with Crippen LogP contribution in [0.3, 0.4) is 0 Å². The molecule has 0 aliphatic rings. The third-order valence-corrected chi connectivity index (χ3v) is 4.52. The smallest absolute Gasteiger partial charge is 0.387 e. The van der Waals surface area contributed by atoms with Crippen molar-refractivity contribution in [1.82, 2.24) is 9.55 Å². The Bertz CT molecular complexity index is 935. The van der Waals surface area contributed by atoms with E-state index in [0.29, 0.717) is 5.16 Å². The molecule has 27 heavy (non-hydrogen) atoms.